The van der Waals surface area contributed by atoms with Crippen LogP contribution in [-0.2, 0) is 0 Å². The van der Waals surface area contributed by atoms with Gasteiger partial charge in [-0.05, 0) is 65.9 Å². The molecule has 0 unspecified atom stereocenters. The molecule has 4 rings (SSSR count). The highest BCUT2D eigenvalue weighted by Gasteiger charge is 2.41. The Morgan fingerprint density at radius 2 is 1.79 bits per heavy atom. The predicted octanol–water partition coefficient (Wildman–Crippen LogP) is 3.69. The molecule has 2 aliphatic rings. The van der Waals surface area contributed by atoms with Crippen molar-refractivity contribution in [2.75, 3.05) is 13.1 Å². The number of pyridine rings is 1. The maximum atomic E-state index is 13.3. The highest BCUT2D eigenvalue weighted by atomic mass is 79.9. The number of aryl methyl sites for hydroxylation is 1. The van der Waals surface area contributed by atoms with Crippen molar-refractivity contribution >= 4 is 33.7 Å². The second-order valence-corrected chi connectivity index (χ2v) is 8.59. The summed E-state index contributed by atoms with van der Waals surface area (Å²) >= 11 is 3.43. The Balaban J connectivity index is 1.63. The molecular formula is C22H22BrN3O3. The maximum Gasteiger partial charge on any atom is 0.273 e. The van der Waals surface area contributed by atoms with Gasteiger partial charge in [-0.2, -0.15) is 0 Å². The lowest BCUT2D eigenvalue weighted by molar-refractivity contribution is 0.0365. The van der Waals surface area contributed by atoms with Crippen LogP contribution >= 0.6 is 15.9 Å². The molecule has 3 heterocycles. The Morgan fingerprint density at radius 3 is 2.45 bits per heavy atom. The SMILES string of the molecule is Cc1ccc(Br)c(C(=O)N2CCC[C@@H](C)[C@H]2CN2C(=O)c3ccccc3C2=O)n1. The van der Waals surface area contributed by atoms with Gasteiger partial charge in [0.1, 0.15) is 5.69 Å². The van der Waals surface area contributed by atoms with Gasteiger partial charge in [-0.1, -0.05) is 19.1 Å². The first-order valence-corrected chi connectivity index (χ1v) is 10.6. The van der Waals surface area contributed by atoms with Gasteiger partial charge in [-0.25, -0.2) is 4.98 Å². The first kappa shape index (κ1) is 19.8. The van der Waals surface area contributed by atoms with E-state index in [9.17, 15) is 14.4 Å². The van der Waals surface area contributed by atoms with E-state index in [4.69, 9.17) is 0 Å². The topological polar surface area (TPSA) is 70.6 Å². The van der Waals surface area contributed by atoms with E-state index in [1.165, 1.54) is 4.90 Å². The van der Waals surface area contributed by atoms with E-state index in [1.807, 2.05) is 19.1 Å². The summed E-state index contributed by atoms with van der Waals surface area (Å²) in [5, 5.41) is 0. The minimum absolute atomic E-state index is 0.167. The molecule has 1 saturated heterocycles. The van der Waals surface area contributed by atoms with Gasteiger partial charge in [0.2, 0.25) is 0 Å². The number of fused-ring (bicyclic) bond motifs is 1. The van der Waals surface area contributed by atoms with Crippen LogP contribution in [0.2, 0.25) is 0 Å². The van der Waals surface area contributed by atoms with E-state index in [1.54, 1.807) is 29.2 Å². The van der Waals surface area contributed by atoms with E-state index in [-0.39, 0.29) is 36.2 Å². The maximum absolute atomic E-state index is 13.3. The Bertz CT molecular complexity index is 972. The second kappa shape index (κ2) is 7.71. The van der Waals surface area contributed by atoms with Crippen LogP contribution in [0.15, 0.2) is 40.9 Å². The van der Waals surface area contributed by atoms with E-state index >= 15 is 0 Å². The molecule has 7 heteroatoms. The van der Waals surface area contributed by atoms with E-state index in [0.29, 0.717) is 27.8 Å². The van der Waals surface area contributed by atoms with Crippen molar-refractivity contribution in [3.05, 3.63) is 63.4 Å². The zero-order chi connectivity index (χ0) is 20.7. The Labute approximate surface area is 178 Å². The standard InChI is InChI=1S/C22H22BrN3O3/c1-13-6-5-11-25(22(29)19-17(23)10-9-14(2)24-19)18(13)12-26-20(27)15-7-3-4-8-16(15)21(26)28/h3-4,7-10,13,18H,5-6,11-12H2,1-2H3/t13-,18-/m1/s1. The van der Waals surface area contributed by atoms with Crippen molar-refractivity contribution in [1.29, 1.82) is 0 Å². The van der Waals surface area contributed by atoms with Crippen LogP contribution in [0.3, 0.4) is 0 Å². The van der Waals surface area contributed by atoms with Crippen molar-refractivity contribution in [3.63, 3.8) is 0 Å². The monoisotopic (exact) mass is 455 g/mol. The number of benzene rings is 1. The largest absolute Gasteiger partial charge is 0.332 e. The summed E-state index contributed by atoms with van der Waals surface area (Å²) in [4.78, 5) is 46.4. The van der Waals surface area contributed by atoms with Gasteiger partial charge in [0.25, 0.3) is 17.7 Å². The van der Waals surface area contributed by atoms with Gasteiger partial charge in [0.05, 0.1) is 23.7 Å². The van der Waals surface area contributed by atoms with Crippen LogP contribution in [0, 0.1) is 12.8 Å². The molecule has 2 atom stereocenters. The number of piperidine rings is 1. The average molecular weight is 456 g/mol. The van der Waals surface area contributed by atoms with E-state index in [0.717, 1.165) is 18.5 Å². The molecule has 0 bridgehead atoms. The zero-order valence-corrected chi connectivity index (χ0v) is 18.0. The summed E-state index contributed by atoms with van der Waals surface area (Å²) in [7, 11) is 0. The fourth-order valence-corrected chi connectivity index (χ4v) is 4.59. The van der Waals surface area contributed by atoms with E-state index in [2.05, 4.69) is 27.8 Å². The van der Waals surface area contributed by atoms with Crippen LogP contribution in [0.1, 0.15) is 56.7 Å². The van der Waals surface area contributed by atoms with Crippen LogP contribution in [0.4, 0.5) is 0 Å². The van der Waals surface area contributed by atoms with Gasteiger partial charge in [-0.3, -0.25) is 19.3 Å². The molecule has 6 nitrogen and oxygen atoms in total. The van der Waals surface area contributed by atoms with Gasteiger partial charge < -0.3 is 4.90 Å². The number of rotatable bonds is 3. The third kappa shape index (κ3) is 3.48. The number of halogens is 1. The number of nitrogens with zero attached hydrogens (tertiary/aromatic N) is 3. The number of hydrogen-bond acceptors (Lipinski definition) is 4. The fraction of sp³-hybridized carbons (Fsp3) is 0.364. The molecule has 150 valence electrons. The highest BCUT2D eigenvalue weighted by Crippen LogP contribution is 2.30. The van der Waals surface area contributed by atoms with Crippen molar-refractivity contribution in [2.24, 2.45) is 5.92 Å². The average Bonchev–Trinajstić information content (AvgIpc) is 2.96. The molecule has 29 heavy (non-hydrogen) atoms. The number of amides is 3. The van der Waals surface area contributed by atoms with Gasteiger partial charge >= 0.3 is 0 Å². The first-order chi connectivity index (χ1) is 13.9. The van der Waals surface area contributed by atoms with Crippen LogP contribution in [0.5, 0.6) is 0 Å². The molecule has 1 aromatic heterocycles. The van der Waals surface area contributed by atoms with Crippen molar-refractivity contribution in [2.45, 2.75) is 32.7 Å². The zero-order valence-electron chi connectivity index (χ0n) is 16.4. The third-order valence-corrected chi connectivity index (χ3v) is 6.45. The summed E-state index contributed by atoms with van der Waals surface area (Å²) in [6, 6.07) is 10.3. The lowest BCUT2D eigenvalue weighted by Crippen LogP contribution is -2.54. The second-order valence-electron chi connectivity index (χ2n) is 7.73. The summed E-state index contributed by atoms with van der Waals surface area (Å²) in [5.41, 5.74) is 1.99. The molecule has 0 radical (unpaired) electrons. The first-order valence-electron chi connectivity index (χ1n) is 9.78. The number of carbonyl (C=O) groups excluding carboxylic acids is 3. The molecule has 0 N–H and O–H groups in total. The fourth-order valence-electron chi connectivity index (χ4n) is 4.20. The number of aromatic nitrogens is 1. The number of hydrogen-bond donors (Lipinski definition) is 0. The van der Waals surface area contributed by atoms with Gasteiger partial charge in [0, 0.05) is 16.7 Å². The van der Waals surface area contributed by atoms with Crippen molar-refractivity contribution in [3.8, 4) is 0 Å². The molecular weight excluding hydrogens is 434 g/mol. The lowest BCUT2D eigenvalue weighted by atomic mass is 9.90. The predicted molar refractivity (Wildman–Crippen MR) is 112 cm³/mol. The highest BCUT2D eigenvalue weighted by molar-refractivity contribution is 9.10. The van der Waals surface area contributed by atoms with Crippen LogP contribution in [-0.4, -0.2) is 51.6 Å². The van der Waals surface area contributed by atoms with Gasteiger partial charge in [-0.15, -0.1) is 0 Å². The summed E-state index contributed by atoms with van der Waals surface area (Å²) in [6.45, 7) is 4.70. The molecule has 0 saturated carbocycles. The van der Waals surface area contributed by atoms with Crippen molar-refractivity contribution in [1.82, 2.24) is 14.8 Å². The van der Waals surface area contributed by atoms with E-state index < -0.39 is 0 Å². The van der Waals surface area contributed by atoms with Gasteiger partial charge in [0.15, 0.2) is 0 Å². The smallest absolute Gasteiger partial charge is 0.273 e. The minimum atomic E-state index is -0.286. The summed E-state index contributed by atoms with van der Waals surface area (Å²) < 4.78 is 0.644. The van der Waals surface area contributed by atoms with Crippen molar-refractivity contribution < 1.29 is 14.4 Å². The molecule has 0 spiro atoms. The Kier molecular flexibility index (Phi) is 5.25. The lowest BCUT2D eigenvalue weighted by Gasteiger charge is -2.41. The molecule has 1 aromatic carbocycles. The molecule has 1 fully saturated rings. The van der Waals surface area contributed by atoms with Crippen LogP contribution in [0.25, 0.3) is 0 Å². The Morgan fingerprint density at radius 1 is 1.14 bits per heavy atom. The van der Waals surface area contributed by atoms with Crippen LogP contribution < -0.4 is 0 Å². The summed E-state index contributed by atoms with van der Waals surface area (Å²) in [6.07, 6.45) is 1.83. The Hall–Kier alpha value is -2.54. The minimum Gasteiger partial charge on any atom is -0.332 e. The third-order valence-electron chi connectivity index (χ3n) is 5.81. The number of carbonyl (C=O) groups is 3. The normalized spacial score (nSPS) is 21.5. The molecule has 0 aliphatic carbocycles. The molecule has 3 amide bonds. The number of imide groups is 1. The summed E-state index contributed by atoms with van der Waals surface area (Å²) in [5.74, 6) is -0.578. The number of likely N-dealkylation sites (tertiary alicyclic amines) is 1. The molecule has 2 aromatic rings. The molecule has 2 aliphatic heterocycles. The quantitative estimate of drug-likeness (QED) is 0.661.